The molecule has 21 heavy (non-hydrogen) atoms. The van der Waals surface area contributed by atoms with Gasteiger partial charge in [0.25, 0.3) is 0 Å². The van der Waals surface area contributed by atoms with Crippen LogP contribution in [0.3, 0.4) is 0 Å². The smallest absolute Gasteiger partial charge is 0.338 e. The molecule has 112 valence electrons. The van der Waals surface area contributed by atoms with E-state index < -0.39 is 30.0 Å². The van der Waals surface area contributed by atoms with Crippen molar-refractivity contribution in [2.24, 2.45) is 5.11 Å². The number of carbonyl (C=O) groups is 1. The van der Waals surface area contributed by atoms with Crippen LogP contribution in [-0.2, 0) is 9.47 Å². The molecule has 1 fully saturated rings. The minimum absolute atomic E-state index is 0.280. The van der Waals surface area contributed by atoms with Crippen LogP contribution >= 0.6 is 0 Å². The van der Waals surface area contributed by atoms with Gasteiger partial charge in [-0.1, -0.05) is 30.2 Å². The van der Waals surface area contributed by atoms with E-state index in [4.69, 9.17) is 15.0 Å². The summed E-state index contributed by atoms with van der Waals surface area (Å²) >= 11 is 0. The van der Waals surface area contributed by atoms with E-state index in [-0.39, 0.29) is 6.42 Å². The number of azide groups is 1. The summed E-state index contributed by atoms with van der Waals surface area (Å²) in [5, 5.41) is 13.9. The predicted octanol–water partition coefficient (Wildman–Crippen LogP) is 2.41. The third-order valence-electron chi connectivity index (χ3n) is 3.60. The van der Waals surface area contributed by atoms with Crippen molar-refractivity contribution in [2.75, 3.05) is 0 Å². The van der Waals surface area contributed by atoms with Crippen molar-refractivity contribution < 1.29 is 19.4 Å². The van der Waals surface area contributed by atoms with Gasteiger partial charge in [0.05, 0.1) is 11.7 Å². The lowest BCUT2D eigenvalue weighted by Gasteiger charge is -2.25. The zero-order chi connectivity index (χ0) is 15.5. The number of carbonyl (C=O) groups excluding carboxylic acids is 1. The zero-order valence-corrected chi connectivity index (χ0v) is 11.8. The molecule has 7 nitrogen and oxygen atoms in total. The summed E-state index contributed by atoms with van der Waals surface area (Å²) in [5.74, 6) is -0.553. The minimum Gasteiger partial charge on any atom is -0.453 e. The fourth-order valence-corrected chi connectivity index (χ4v) is 2.42. The van der Waals surface area contributed by atoms with Gasteiger partial charge in [0, 0.05) is 4.91 Å². The fourth-order valence-electron chi connectivity index (χ4n) is 2.42. The molecule has 0 radical (unpaired) electrons. The van der Waals surface area contributed by atoms with Gasteiger partial charge >= 0.3 is 5.97 Å². The van der Waals surface area contributed by atoms with Gasteiger partial charge in [-0.15, -0.1) is 0 Å². The lowest BCUT2D eigenvalue weighted by Crippen LogP contribution is -2.42. The number of aliphatic hydroxyl groups is 1. The normalized spacial score (nSPS) is 31.5. The number of esters is 1. The van der Waals surface area contributed by atoms with Crippen molar-refractivity contribution in [1.29, 1.82) is 0 Å². The van der Waals surface area contributed by atoms with E-state index in [1.54, 1.807) is 44.2 Å². The molecule has 1 unspecified atom stereocenters. The van der Waals surface area contributed by atoms with E-state index in [2.05, 4.69) is 10.0 Å². The molecule has 1 saturated heterocycles. The molecule has 2 rings (SSSR count). The monoisotopic (exact) mass is 291 g/mol. The molecule has 4 atom stereocenters. The molecule has 0 spiro atoms. The van der Waals surface area contributed by atoms with Crippen LogP contribution in [0.15, 0.2) is 35.4 Å². The number of ether oxygens (including phenoxy) is 2. The zero-order valence-electron chi connectivity index (χ0n) is 11.8. The average molecular weight is 291 g/mol. The molecule has 1 aliphatic rings. The van der Waals surface area contributed by atoms with Crippen LogP contribution in [0.25, 0.3) is 10.4 Å². The summed E-state index contributed by atoms with van der Waals surface area (Å²) in [6.45, 7) is 3.39. The Labute approximate surface area is 122 Å². The molecule has 7 heteroatoms. The summed E-state index contributed by atoms with van der Waals surface area (Å²) in [5.41, 5.74) is 7.62. The minimum atomic E-state index is -1.39. The Morgan fingerprint density at radius 2 is 2.19 bits per heavy atom. The predicted molar refractivity (Wildman–Crippen MR) is 74.4 cm³/mol. The van der Waals surface area contributed by atoms with Crippen LogP contribution in [0.2, 0.25) is 0 Å². The number of rotatable bonds is 4. The largest absolute Gasteiger partial charge is 0.453 e. The number of nitrogens with zero attached hydrogens (tertiary/aromatic N) is 3. The Balaban J connectivity index is 2.17. The molecule has 1 aromatic carbocycles. The van der Waals surface area contributed by atoms with Gasteiger partial charge < -0.3 is 14.6 Å². The van der Waals surface area contributed by atoms with Crippen molar-refractivity contribution >= 4 is 5.97 Å². The lowest BCUT2D eigenvalue weighted by atomic mass is 10.0. The third kappa shape index (κ3) is 2.85. The second-order valence-electron chi connectivity index (χ2n) is 4.89. The Bertz CT molecular complexity index is 559. The highest BCUT2D eigenvalue weighted by Crippen LogP contribution is 2.37. The van der Waals surface area contributed by atoms with Crippen LogP contribution in [0.4, 0.5) is 0 Å². The fraction of sp³-hybridized carbons (Fsp3) is 0.500. The van der Waals surface area contributed by atoms with E-state index >= 15 is 0 Å². The summed E-state index contributed by atoms with van der Waals surface area (Å²) in [4.78, 5) is 14.8. The summed E-state index contributed by atoms with van der Waals surface area (Å²) in [7, 11) is 0. The molecule has 1 aromatic rings. The first-order chi connectivity index (χ1) is 10.0. The average Bonchev–Trinajstić information content (AvgIpc) is 2.73. The van der Waals surface area contributed by atoms with Crippen LogP contribution < -0.4 is 0 Å². The SMILES string of the molecule is CC[C@@]1(N=[N+]=[N-])O[C@@H](C)C(OC(=O)c2ccccc2)[C@@H]1O. The quantitative estimate of drug-likeness (QED) is 0.398. The summed E-state index contributed by atoms with van der Waals surface area (Å²) in [6.07, 6.45) is -2.38. The highest BCUT2D eigenvalue weighted by atomic mass is 16.6. The van der Waals surface area contributed by atoms with Crippen LogP contribution in [-0.4, -0.2) is 35.1 Å². The van der Waals surface area contributed by atoms with Gasteiger partial charge in [-0.05, 0) is 31.0 Å². The first-order valence-electron chi connectivity index (χ1n) is 6.72. The molecule has 1 N–H and O–H groups in total. The summed E-state index contributed by atoms with van der Waals surface area (Å²) < 4.78 is 10.9. The first kappa shape index (κ1) is 15.3. The number of hydrogen-bond donors (Lipinski definition) is 1. The van der Waals surface area contributed by atoms with Crippen molar-refractivity contribution in [1.82, 2.24) is 0 Å². The molecular weight excluding hydrogens is 274 g/mol. The molecular formula is C14H17N3O4. The van der Waals surface area contributed by atoms with Gasteiger partial charge in [0.1, 0.15) is 6.10 Å². The van der Waals surface area contributed by atoms with Gasteiger partial charge in [-0.3, -0.25) is 0 Å². The highest BCUT2D eigenvalue weighted by molar-refractivity contribution is 5.89. The van der Waals surface area contributed by atoms with Crippen molar-refractivity contribution in [3.63, 3.8) is 0 Å². The topological polar surface area (TPSA) is 105 Å². The first-order valence-corrected chi connectivity index (χ1v) is 6.72. The molecule has 1 heterocycles. The van der Waals surface area contributed by atoms with Crippen LogP contribution in [0, 0.1) is 0 Å². The molecule has 1 aliphatic heterocycles. The number of hydrogen-bond acceptors (Lipinski definition) is 5. The third-order valence-corrected chi connectivity index (χ3v) is 3.60. The van der Waals surface area contributed by atoms with Crippen molar-refractivity contribution in [3.05, 3.63) is 46.3 Å². The van der Waals surface area contributed by atoms with Crippen molar-refractivity contribution in [3.8, 4) is 0 Å². The molecule has 0 amide bonds. The number of aliphatic hydroxyl groups excluding tert-OH is 1. The maximum Gasteiger partial charge on any atom is 0.338 e. The van der Waals surface area contributed by atoms with Crippen LogP contribution in [0.1, 0.15) is 30.6 Å². The summed E-state index contributed by atoms with van der Waals surface area (Å²) in [6, 6.07) is 8.47. The Hall–Kier alpha value is -2.08. The van der Waals surface area contributed by atoms with E-state index in [1.165, 1.54) is 0 Å². The molecule has 0 bridgehead atoms. The number of benzene rings is 1. The van der Waals surface area contributed by atoms with Gasteiger partial charge in [0.15, 0.2) is 11.8 Å². The molecule has 0 aliphatic carbocycles. The maximum atomic E-state index is 12.1. The standard InChI is InChI=1S/C14H17N3O4/c1-3-14(16-17-15)12(18)11(9(2)21-14)20-13(19)10-7-5-4-6-8-10/h4-9,11-12,18H,3H2,1-2H3/t9-,11?,12-,14+/m0/s1. The van der Waals surface area contributed by atoms with E-state index in [0.29, 0.717) is 5.56 Å². The highest BCUT2D eigenvalue weighted by Gasteiger charge is 2.53. The van der Waals surface area contributed by atoms with Crippen LogP contribution in [0.5, 0.6) is 0 Å². The molecule has 0 saturated carbocycles. The van der Waals surface area contributed by atoms with E-state index in [1.807, 2.05) is 0 Å². The Morgan fingerprint density at radius 1 is 1.52 bits per heavy atom. The lowest BCUT2D eigenvalue weighted by molar-refractivity contribution is -0.0762. The maximum absolute atomic E-state index is 12.1. The second kappa shape index (κ2) is 6.13. The second-order valence-corrected chi connectivity index (χ2v) is 4.89. The van der Waals surface area contributed by atoms with E-state index in [9.17, 15) is 9.90 Å². The van der Waals surface area contributed by atoms with Gasteiger partial charge in [-0.2, -0.15) is 0 Å². The Morgan fingerprint density at radius 3 is 2.76 bits per heavy atom. The van der Waals surface area contributed by atoms with E-state index in [0.717, 1.165) is 0 Å². The van der Waals surface area contributed by atoms with Crippen molar-refractivity contribution in [2.45, 2.75) is 44.3 Å². The Kier molecular flexibility index (Phi) is 4.47. The van der Waals surface area contributed by atoms with Gasteiger partial charge in [0.2, 0.25) is 0 Å². The molecule has 0 aromatic heterocycles. The van der Waals surface area contributed by atoms with Gasteiger partial charge in [-0.25, -0.2) is 4.79 Å².